The fourth-order valence-electron chi connectivity index (χ4n) is 1.25. The second-order valence-corrected chi connectivity index (χ2v) is 2.85. The molecule has 0 aliphatic rings. The first-order valence-corrected chi connectivity index (χ1v) is 4.16. The van der Waals surface area contributed by atoms with Gasteiger partial charge in [0.25, 0.3) is 0 Å². The molecule has 78 valence electrons. The molecule has 1 aromatic carbocycles. The highest BCUT2D eigenvalue weighted by Crippen LogP contribution is 2.28. The van der Waals surface area contributed by atoms with Gasteiger partial charge in [0.2, 0.25) is 0 Å². The quantitative estimate of drug-likeness (QED) is 0.765. The second-order valence-electron chi connectivity index (χ2n) is 2.85. The normalized spacial score (nSPS) is 10.3. The highest BCUT2D eigenvalue weighted by molar-refractivity contribution is 5.61. The molecule has 0 unspecified atom stereocenters. The zero-order valence-corrected chi connectivity index (χ0v) is 7.83. The molecular formula is C10H7F2NO2. The fourth-order valence-corrected chi connectivity index (χ4v) is 1.25. The van der Waals surface area contributed by atoms with E-state index in [9.17, 15) is 8.78 Å². The van der Waals surface area contributed by atoms with Crippen LogP contribution in [-0.2, 0) is 0 Å². The van der Waals surface area contributed by atoms with E-state index in [0.717, 1.165) is 12.1 Å². The van der Waals surface area contributed by atoms with Crippen LogP contribution < -0.4 is 4.74 Å². The maximum Gasteiger partial charge on any atom is 0.139 e. The Hall–Kier alpha value is -1.91. The van der Waals surface area contributed by atoms with Gasteiger partial charge in [0.1, 0.15) is 29.3 Å². The highest BCUT2D eigenvalue weighted by Gasteiger charge is 2.15. The van der Waals surface area contributed by atoms with Crippen molar-refractivity contribution in [2.24, 2.45) is 0 Å². The fraction of sp³-hybridized carbons (Fsp3) is 0.100. The Labute approximate surface area is 84.3 Å². The lowest BCUT2D eigenvalue weighted by atomic mass is 10.1. The molecule has 0 radical (unpaired) electrons. The Kier molecular flexibility index (Phi) is 2.37. The third-order valence-electron chi connectivity index (χ3n) is 1.95. The van der Waals surface area contributed by atoms with Crippen LogP contribution in [0.15, 0.2) is 29.0 Å². The minimum absolute atomic E-state index is 0.118. The lowest BCUT2D eigenvalue weighted by molar-refractivity contribution is 0.406. The summed E-state index contributed by atoms with van der Waals surface area (Å²) in [5, 5.41) is 3.47. The van der Waals surface area contributed by atoms with Crippen LogP contribution in [0.1, 0.15) is 0 Å². The van der Waals surface area contributed by atoms with E-state index in [0.29, 0.717) is 0 Å². The van der Waals surface area contributed by atoms with Gasteiger partial charge in [-0.1, -0.05) is 5.16 Å². The first-order chi connectivity index (χ1) is 7.22. The predicted octanol–water partition coefficient (Wildman–Crippen LogP) is 2.63. The van der Waals surface area contributed by atoms with E-state index in [1.807, 2.05) is 0 Å². The van der Waals surface area contributed by atoms with Gasteiger partial charge >= 0.3 is 0 Å². The number of aromatic nitrogens is 1. The summed E-state index contributed by atoms with van der Waals surface area (Å²) in [6.07, 6.45) is 1.25. The number of benzene rings is 1. The summed E-state index contributed by atoms with van der Waals surface area (Å²) in [6, 6.07) is 3.56. The summed E-state index contributed by atoms with van der Waals surface area (Å²) in [5.41, 5.74) is -0.0998. The molecule has 0 amide bonds. The van der Waals surface area contributed by atoms with Crippen LogP contribution in [-0.4, -0.2) is 12.3 Å². The van der Waals surface area contributed by atoms with Gasteiger partial charge in [-0.05, 0) is 0 Å². The smallest absolute Gasteiger partial charge is 0.139 e. The van der Waals surface area contributed by atoms with Crippen molar-refractivity contribution in [1.82, 2.24) is 5.16 Å². The van der Waals surface area contributed by atoms with Crippen LogP contribution in [0.3, 0.4) is 0 Å². The van der Waals surface area contributed by atoms with Gasteiger partial charge in [-0.25, -0.2) is 8.78 Å². The number of hydrogen-bond donors (Lipinski definition) is 0. The van der Waals surface area contributed by atoms with Crippen molar-refractivity contribution >= 4 is 0 Å². The van der Waals surface area contributed by atoms with Crippen LogP contribution in [0.2, 0.25) is 0 Å². The number of rotatable bonds is 2. The molecule has 1 aromatic heterocycles. The van der Waals surface area contributed by atoms with Crippen molar-refractivity contribution in [3.63, 3.8) is 0 Å². The number of halogens is 2. The molecule has 2 rings (SSSR count). The summed E-state index contributed by atoms with van der Waals surface area (Å²) < 4.78 is 36.2. The summed E-state index contributed by atoms with van der Waals surface area (Å²) >= 11 is 0. The molecule has 0 atom stereocenters. The molecule has 0 spiro atoms. The van der Waals surface area contributed by atoms with Crippen molar-refractivity contribution in [3.8, 4) is 17.0 Å². The van der Waals surface area contributed by atoms with Gasteiger partial charge in [0.05, 0.1) is 12.7 Å². The molecule has 0 aliphatic heterocycles. The van der Waals surface area contributed by atoms with Crippen molar-refractivity contribution < 1.29 is 18.0 Å². The van der Waals surface area contributed by atoms with Crippen molar-refractivity contribution in [2.45, 2.75) is 0 Å². The maximum atomic E-state index is 13.5. The summed E-state index contributed by atoms with van der Waals surface area (Å²) in [7, 11) is 1.34. The molecule has 5 heteroatoms. The van der Waals surface area contributed by atoms with E-state index in [-0.39, 0.29) is 17.0 Å². The largest absolute Gasteiger partial charge is 0.497 e. The van der Waals surface area contributed by atoms with E-state index in [1.165, 1.54) is 19.4 Å². The highest BCUT2D eigenvalue weighted by atomic mass is 19.1. The lowest BCUT2D eigenvalue weighted by Crippen LogP contribution is -1.93. The minimum atomic E-state index is -0.735. The van der Waals surface area contributed by atoms with E-state index < -0.39 is 11.6 Å². The predicted molar refractivity (Wildman–Crippen MR) is 48.4 cm³/mol. The van der Waals surface area contributed by atoms with Gasteiger partial charge < -0.3 is 9.26 Å². The molecule has 0 saturated heterocycles. The Morgan fingerprint density at radius 3 is 2.40 bits per heavy atom. The number of nitrogens with zero attached hydrogens (tertiary/aromatic N) is 1. The molecular weight excluding hydrogens is 204 g/mol. The third kappa shape index (κ3) is 1.68. The van der Waals surface area contributed by atoms with Gasteiger partial charge in [-0.3, -0.25) is 0 Å². The van der Waals surface area contributed by atoms with Gasteiger partial charge in [-0.2, -0.15) is 0 Å². The molecule has 0 aliphatic carbocycles. The maximum absolute atomic E-state index is 13.5. The van der Waals surface area contributed by atoms with Crippen LogP contribution in [0.4, 0.5) is 8.78 Å². The molecule has 0 bridgehead atoms. The van der Waals surface area contributed by atoms with Crippen molar-refractivity contribution in [3.05, 3.63) is 36.1 Å². The molecule has 1 heterocycles. The monoisotopic (exact) mass is 211 g/mol. The first-order valence-electron chi connectivity index (χ1n) is 4.16. The Bertz CT molecular complexity index is 445. The molecule has 3 nitrogen and oxygen atoms in total. The van der Waals surface area contributed by atoms with E-state index in [4.69, 9.17) is 4.74 Å². The van der Waals surface area contributed by atoms with Crippen molar-refractivity contribution in [2.75, 3.05) is 7.11 Å². The van der Waals surface area contributed by atoms with Crippen LogP contribution >= 0.6 is 0 Å². The topological polar surface area (TPSA) is 35.3 Å². The van der Waals surface area contributed by atoms with Gasteiger partial charge in [0.15, 0.2) is 0 Å². The molecule has 0 N–H and O–H groups in total. The first kappa shape index (κ1) is 9.64. The zero-order chi connectivity index (χ0) is 10.8. The SMILES string of the molecule is COc1cc(F)c(-c2ccon2)c(F)c1. The van der Waals surface area contributed by atoms with E-state index >= 15 is 0 Å². The number of methoxy groups -OCH3 is 1. The Morgan fingerprint density at radius 1 is 1.27 bits per heavy atom. The second kappa shape index (κ2) is 3.68. The third-order valence-corrected chi connectivity index (χ3v) is 1.95. The zero-order valence-electron chi connectivity index (χ0n) is 7.83. The van der Waals surface area contributed by atoms with Gasteiger partial charge in [-0.15, -0.1) is 0 Å². The average molecular weight is 211 g/mol. The van der Waals surface area contributed by atoms with Crippen LogP contribution in [0, 0.1) is 11.6 Å². The van der Waals surface area contributed by atoms with Crippen molar-refractivity contribution in [1.29, 1.82) is 0 Å². The number of hydrogen-bond acceptors (Lipinski definition) is 3. The molecule has 15 heavy (non-hydrogen) atoms. The Balaban J connectivity index is 2.58. The molecule has 2 aromatic rings. The standard InChI is InChI=1S/C10H7F2NO2/c1-14-6-4-7(11)10(8(12)5-6)9-2-3-15-13-9/h2-5H,1H3. The minimum Gasteiger partial charge on any atom is -0.497 e. The average Bonchev–Trinajstić information content (AvgIpc) is 2.69. The molecule has 0 fully saturated rings. The van der Waals surface area contributed by atoms with E-state index in [1.54, 1.807) is 0 Å². The number of ether oxygens (including phenoxy) is 1. The summed E-state index contributed by atoms with van der Waals surface area (Å²) in [5.74, 6) is -1.35. The van der Waals surface area contributed by atoms with Crippen LogP contribution in [0.5, 0.6) is 5.75 Å². The Morgan fingerprint density at radius 2 is 1.93 bits per heavy atom. The molecule has 0 saturated carbocycles. The lowest BCUT2D eigenvalue weighted by Gasteiger charge is -2.04. The van der Waals surface area contributed by atoms with Gasteiger partial charge in [0, 0.05) is 18.2 Å². The van der Waals surface area contributed by atoms with E-state index in [2.05, 4.69) is 9.68 Å². The van der Waals surface area contributed by atoms with Crippen LogP contribution in [0.25, 0.3) is 11.3 Å². The summed E-state index contributed by atoms with van der Waals surface area (Å²) in [4.78, 5) is 0. The summed E-state index contributed by atoms with van der Waals surface area (Å²) in [6.45, 7) is 0.